The standard InChI is InChI=1S/C20H15N3O4/c1-13(24)21-15-6-10-17(11-7-15)26-16-8-4-14(5-9-16)19-22-20(27-23-19)18-3-2-12-25-18/h2-12H,1H3,(H,21,24). The van der Waals surface area contributed by atoms with E-state index in [2.05, 4.69) is 15.5 Å². The molecule has 4 rings (SSSR count). The average Bonchev–Trinajstić information content (AvgIpc) is 3.35. The van der Waals surface area contributed by atoms with E-state index in [1.807, 2.05) is 24.3 Å². The van der Waals surface area contributed by atoms with Crippen molar-refractivity contribution in [3.05, 3.63) is 66.9 Å². The number of nitrogens with zero attached hydrogens (tertiary/aromatic N) is 2. The van der Waals surface area contributed by atoms with Gasteiger partial charge in [-0.1, -0.05) is 5.16 Å². The van der Waals surface area contributed by atoms with Crippen LogP contribution in [0.25, 0.3) is 23.0 Å². The van der Waals surface area contributed by atoms with E-state index >= 15 is 0 Å². The smallest absolute Gasteiger partial charge is 0.293 e. The number of amides is 1. The summed E-state index contributed by atoms with van der Waals surface area (Å²) >= 11 is 0. The van der Waals surface area contributed by atoms with Crippen LogP contribution in [-0.4, -0.2) is 16.0 Å². The Labute approximate surface area is 154 Å². The number of aromatic nitrogens is 2. The normalized spacial score (nSPS) is 10.6. The van der Waals surface area contributed by atoms with Crippen molar-refractivity contribution >= 4 is 11.6 Å². The van der Waals surface area contributed by atoms with Crippen LogP contribution in [-0.2, 0) is 4.79 Å². The third kappa shape index (κ3) is 3.87. The maximum Gasteiger partial charge on any atom is 0.293 e. The highest BCUT2D eigenvalue weighted by atomic mass is 16.5. The molecule has 2 aromatic heterocycles. The minimum Gasteiger partial charge on any atom is -0.459 e. The minimum absolute atomic E-state index is 0.115. The van der Waals surface area contributed by atoms with E-state index in [9.17, 15) is 4.79 Å². The molecule has 0 unspecified atom stereocenters. The quantitative estimate of drug-likeness (QED) is 0.552. The summed E-state index contributed by atoms with van der Waals surface area (Å²) in [4.78, 5) is 15.4. The van der Waals surface area contributed by atoms with Gasteiger partial charge in [0.05, 0.1) is 6.26 Å². The second-order valence-corrected chi connectivity index (χ2v) is 5.73. The number of furan rings is 1. The van der Waals surface area contributed by atoms with Crippen LogP contribution in [0.1, 0.15) is 6.92 Å². The van der Waals surface area contributed by atoms with E-state index < -0.39 is 0 Å². The highest BCUT2D eigenvalue weighted by Gasteiger charge is 2.12. The Hall–Kier alpha value is -3.87. The van der Waals surface area contributed by atoms with Gasteiger partial charge in [0, 0.05) is 18.2 Å². The van der Waals surface area contributed by atoms with Gasteiger partial charge >= 0.3 is 0 Å². The number of hydrogen-bond acceptors (Lipinski definition) is 6. The van der Waals surface area contributed by atoms with Crippen molar-refractivity contribution < 1.29 is 18.5 Å². The fourth-order valence-electron chi connectivity index (χ4n) is 2.46. The largest absolute Gasteiger partial charge is 0.459 e. The second kappa shape index (κ2) is 7.17. The summed E-state index contributed by atoms with van der Waals surface area (Å²) in [6.45, 7) is 1.47. The Morgan fingerprint density at radius 2 is 1.70 bits per heavy atom. The fraction of sp³-hybridized carbons (Fsp3) is 0.0500. The lowest BCUT2D eigenvalue weighted by Crippen LogP contribution is -2.05. The molecular formula is C20H15N3O4. The van der Waals surface area contributed by atoms with Gasteiger partial charge in [0.1, 0.15) is 11.5 Å². The van der Waals surface area contributed by atoms with Crippen molar-refractivity contribution in [1.82, 2.24) is 10.1 Å². The molecule has 7 heteroatoms. The molecule has 0 atom stereocenters. The van der Waals surface area contributed by atoms with Crippen LogP contribution >= 0.6 is 0 Å². The molecule has 0 spiro atoms. The van der Waals surface area contributed by atoms with Crippen molar-refractivity contribution in [3.8, 4) is 34.5 Å². The molecule has 2 aromatic carbocycles. The van der Waals surface area contributed by atoms with Crippen LogP contribution in [0.15, 0.2) is 75.9 Å². The zero-order chi connectivity index (χ0) is 18.6. The van der Waals surface area contributed by atoms with Crippen molar-refractivity contribution in [1.29, 1.82) is 0 Å². The van der Waals surface area contributed by atoms with Gasteiger partial charge in [-0.2, -0.15) is 4.98 Å². The van der Waals surface area contributed by atoms with E-state index in [0.717, 1.165) is 11.3 Å². The molecule has 27 heavy (non-hydrogen) atoms. The SMILES string of the molecule is CC(=O)Nc1ccc(Oc2ccc(-c3noc(-c4ccco4)n3)cc2)cc1. The lowest BCUT2D eigenvalue weighted by atomic mass is 10.2. The van der Waals surface area contributed by atoms with Gasteiger partial charge in [0.15, 0.2) is 5.76 Å². The predicted octanol–water partition coefficient (Wildman–Crippen LogP) is 4.75. The first-order chi connectivity index (χ1) is 13.2. The van der Waals surface area contributed by atoms with Crippen molar-refractivity contribution in [3.63, 3.8) is 0 Å². The number of ether oxygens (including phenoxy) is 1. The van der Waals surface area contributed by atoms with Gasteiger partial charge < -0.3 is 19.0 Å². The first-order valence-electron chi connectivity index (χ1n) is 8.21. The molecule has 0 aliphatic rings. The molecule has 134 valence electrons. The average molecular weight is 361 g/mol. The van der Waals surface area contributed by atoms with Gasteiger partial charge in [-0.05, 0) is 60.7 Å². The van der Waals surface area contributed by atoms with E-state index in [1.54, 1.807) is 42.7 Å². The van der Waals surface area contributed by atoms with Crippen LogP contribution in [0.4, 0.5) is 5.69 Å². The summed E-state index contributed by atoms with van der Waals surface area (Å²) in [5.41, 5.74) is 1.51. The molecule has 0 bridgehead atoms. The van der Waals surface area contributed by atoms with Crippen molar-refractivity contribution in [2.24, 2.45) is 0 Å². The number of carbonyl (C=O) groups excluding carboxylic acids is 1. The van der Waals surface area contributed by atoms with Crippen LogP contribution in [0, 0.1) is 0 Å². The van der Waals surface area contributed by atoms with E-state index in [0.29, 0.717) is 29.0 Å². The number of carbonyl (C=O) groups is 1. The molecular weight excluding hydrogens is 346 g/mol. The number of benzene rings is 2. The molecule has 7 nitrogen and oxygen atoms in total. The maximum atomic E-state index is 11.0. The number of anilines is 1. The zero-order valence-electron chi connectivity index (χ0n) is 14.4. The van der Waals surface area contributed by atoms with Crippen LogP contribution in [0.5, 0.6) is 11.5 Å². The third-order valence-corrected chi connectivity index (χ3v) is 3.68. The summed E-state index contributed by atoms with van der Waals surface area (Å²) in [6.07, 6.45) is 1.55. The molecule has 2 heterocycles. The van der Waals surface area contributed by atoms with Crippen LogP contribution < -0.4 is 10.1 Å². The lowest BCUT2D eigenvalue weighted by Gasteiger charge is -2.07. The summed E-state index contributed by atoms with van der Waals surface area (Å²) < 4.78 is 16.3. The second-order valence-electron chi connectivity index (χ2n) is 5.73. The number of nitrogens with one attached hydrogen (secondary N) is 1. The Balaban J connectivity index is 1.45. The molecule has 0 aliphatic heterocycles. The minimum atomic E-state index is -0.115. The van der Waals surface area contributed by atoms with Gasteiger partial charge in [-0.3, -0.25) is 4.79 Å². The summed E-state index contributed by atoms with van der Waals surface area (Å²) in [7, 11) is 0. The van der Waals surface area contributed by atoms with Gasteiger partial charge in [0.2, 0.25) is 11.7 Å². The Bertz CT molecular complexity index is 1040. The van der Waals surface area contributed by atoms with E-state index in [4.69, 9.17) is 13.7 Å². The Morgan fingerprint density at radius 1 is 1.00 bits per heavy atom. The molecule has 1 N–H and O–H groups in total. The third-order valence-electron chi connectivity index (χ3n) is 3.68. The van der Waals surface area contributed by atoms with Gasteiger partial charge in [0.25, 0.3) is 5.89 Å². The maximum absolute atomic E-state index is 11.0. The molecule has 0 fully saturated rings. The first kappa shape index (κ1) is 16.6. The van der Waals surface area contributed by atoms with Crippen LogP contribution in [0.3, 0.4) is 0 Å². The molecule has 0 saturated heterocycles. The topological polar surface area (TPSA) is 90.4 Å². The Kier molecular flexibility index (Phi) is 4.40. The number of hydrogen-bond donors (Lipinski definition) is 1. The molecule has 4 aromatic rings. The van der Waals surface area contributed by atoms with Crippen LogP contribution in [0.2, 0.25) is 0 Å². The molecule has 0 aliphatic carbocycles. The van der Waals surface area contributed by atoms with Crippen molar-refractivity contribution in [2.45, 2.75) is 6.92 Å². The highest BCUT2D eigenvalue weighted by Crippen LogP contribution is 2.27. The molecule has 1 amide bonds. The number of rotatable bonds is 5. The lowest BCUT2D eigenvalue weighted by molar-refractivity contribution is -0.114. The zero-order valence-corrected chi connectivity index (χ0v) is 14.4. The monoisotopic (exact) mass is 361 g/mol. The summed E-state index contributed by atoms with van der Waals surface area (Å²) in [5, 5.41) is 6.68. The van der Waals surface area contributed by atoms with Gasteiger partial charge in [-0.25, -0.2) is 0 Å². The fourth-order valence-corrected chi connectivity index (χ4v) is 2.46. The first-order valence-corrected chi connectivity index (χ1v) is 8.21. The molecule has 0 radical (unpaired) electrons. The van der Waals surface area contributed by atoms with Crippen molar-refractivity contribution in [2.75, 3.05) is 5.32 Å². The molecule has 0 saturated carbocycles. The Morgan fingerprint density at radius 3 is 2.33 bits per heavy atom. The summed E-state index contributed by atoms with van der Waals surface area (Å²) in [5.74, 6) is 2.53. The van der Waals surface area contributed by atoms with Gasteiger partial charge in [-0.15, -0.1) is 0 Å². The van der Waals surface area contributed by atoms with E-state index in [1.165, 1.54) is 6.92 Å². The predicted molar refractivity (Wildman–Crippen MR) is 98.3 cm³/mol. The summed E-state index contributed by atoms with van der Waals surface area (Å²) in [6, 6.07) is 18.0. The highest BCUT2D eigenvalue weighted by molar-refractivity contribution is 5.88. The van der Waals surface area contributed by atoms with E-state index in [-0.39, 0.29) is 5.91 Å².